The predicted octanol–water partition coefficient (Wildman–Crippen LogP) is 3.88. The molecule has 0 saturated carbocycles. The van der Waals surface area contributed by atoms with Gasteiger partial charge in [0, 0.05) is 29.1 Å². The molecule has 4 heteroatoms. The van der Waals surface area contributed by atoms with E-state index >= 15 is 0 Å². The van der Waals surface area contributed by atoms with Crippen molar-refractivity contribution in [3.05, 3.63) is 64.2 Å². The van der Waals surface area contributed by atoms with E-state index in [0.717, 1.165) is 5.56 Å². The van der Waals surface area contributed by atoms with Crippen LogP contribution in [0.2, 0.25) is 5.02 Å². The Balaban J connectivity index is 2.07. The van der Waals surface area contributed by atoms with E-state index in [1.807, 2.05) is 25.1 Å². The van der Waals surface area contributed by atoms with Gasteiger partial charge in [-0.3, -0.25) is 9.59 Å². The zero-order valence-corrected chi connectivity index (χ0v) is 12.4. The number of Topliss-reactive ketones (excluding diaryl/α,β-unsaturated/α-hetero) is 1. The summed E-state index contributed by atoms with van der Waals surface area (Å²) in [5.41, 5.74) is 2.74. The van der Waals surface area contributed by atoms with Gasteiger partial charge >= 0.3 is 0 Å². The minimum Gasteiger partial charge on any atom is -0.307 e. The molecule has 0 atom stereocenters. The van der Waals surface area contributed by atoms with Crippen molar-refractivity contribution in [2.75, 3.05) is 11.4 Å². The van der Waals surface area contributed by atoms with E-state index in [9.17, 15) is 9.59 Å². The number of hydrogen-bond donors (Lipinski definition) is 0. The van der Waals surface area contributed by atoms with Gasteiger partial charge in [0.25, 0.3) is 5.91 Å². The summed E-state index contributed by atoms with van der Waals surface area (Å²) in [7, 11) is 0. The van der Waals surface area contributed by atoms with Gasteiger partial charge < -0.3 is 4.90 Å². The van der Waals surface area contributed by atoms with Crippen LogP contribution in [0.15, 0.2) is 42.5 Å². The molecular formula is C17H14ClNO2. The van der Waals surface area contributed by atoms with Gasteiger partial charge in [-0.05, 0) is 36.8 Å². The van der Waals surface area contributed by atoms with Crippen molar-refractivity contribution in [3.8, 4) is 0 Å². The maximum Gasteiger partial charge on any atom is 0.258 e. The van der Waals surface area contributed by atoms with Crippen molar-refractivity contribution in [2.24, 2.45) is 0 Å². The van der Waals surface area contributed by atoms with Crippen LogP contribution in [0.25, 0.3) is 0 Å². The minimum atomic E-state index is -0.0934. The Labute approximate surface area is 128 Å². The number of ketones is 1. The highest BCUT2D eigenvalue weighted by Gasteiger charge is 2.28. The number of rotatable bonds is 1. The van der Waals surface area contributed by atoms with E-state index in [1.54, 1.807) is 29.2 Å². The van der Waals surface area contributed by atoms with Crippen molar-refractivity contribution in [1.82, 2.24) is 0 Å². The Kier molecular flexibility index (Phi) is 3.52. The van der Waals surface area contributed by atoms with Gasteiger partial charge in [-0.15, -0.1) is 0 Å². The Morgan fingerprint density at radius 3 is 2.71 bits per heavy atom. The quantitative estimate of drug-likeness (QED) is 0.801. The zero-order chi connectivity index (χ0) is 15.0. The van der Waals surface area contributed by atoms with E-state index in [2.05, 4.69) is 0 Å². The molecule has 0 N–H and O–H groups in total. The van der Waals surface area contributed by atoms with Gasteiger partial charge in [-0.25, -0.2) is 0 Å². The molecule has 0 spiro atoms. The summed E-state index contributed by atoms with van der Waals surface area (Å²) in [4.78, 5) is 26.4. The molecule has 0 saturated heterocycles. The first-order chi connectivity index (χ1) is 10.1. The van der Waals surface area contributed by atoms with Gasteiger partial charge in [-0.1, -0.05) is 29.8 Å². The SMILES string of the molecule is Cc1ccccc1C(=O)N1CCC(=O)c2ccc(Cl)cc21. The van der Waals surface area contributed by atoms with Gasteiger partial charge in [0.05, 0.1) is 5.69 Å². The minimum absolute atomic E-state index is 0.0514. The van der Waals surface area contributed by atoms with Gasteiger partial charge in [0.2, 0.25) is 0 Å². The van der Waals surface area contributed by atoms with Crippen LogP contribution < -0.4 is 4.90 Å². The number of fused-ring (bicyclic) bond motifs is 1. The van der Waals surface area contributed by atoms with Crippen molar-refractivity contribution in [1.29, 1.82) is 0 Å². The van der Waals surface area contributed by atoms with Crippen LogP contribution in [-0.4, -0.2) is 18.2 Å². The van der Waals surface area contributed by atoms with E-state index in [4.69, 9.17) is 11.6 Å². The van der Waals surface area contributed by atoms with Crippen LogP contribution in [0.4, 0.5) is 5.69 Å². The molecule has 3 rings (SSSR count). The van der Waals surface area contributed by atoms with Gasteiger partial charge in [0.15, 0.2) is 5.78 Å². The second kappa shape index (κ2) is 5.34. The third-order valence-corrected chi connectivity index (χ3v) is 3.97. The number of hydrogen-bond acceptors (Lipinski definition) is 2. The van der Waals surface area contributed by atoms with Gasteiger partial charge in [-0.2, -0.15) is 0 Å². The average Bonchev–Trinajstić information content (AvgIpc) is 2.47. The summed E-state index contributed by atoms with van der Waals surface area (Å²) in [5, 5.41) is 0.519. The number of amides is 1. The fourth-order valence-corrected chi connectivity index (χ4v) is 2.77. The van der Waals surface area contributed by atoms with E-state index < -0.39 is 0 Å². The summed E-state index contributed by atoms with van der Waals surface area (Å²) >= 11 is 6.02. The fourth-order valence-electron chi connectivity index (χ4n) is 2.60. The largest absolute Gasteiger partial charge is 0.307 e. The second-order valence-corrected chi connectivity index (χ2v) is 5.54. The van der Waals surface area contributed by atoms with E-state index in [-0.39, 0.29) is 11.7 Å². The van der Waals surface area contributed by atoms with Crippen LogP contribution >= 0.6 is 11.6 Å². The summed E-state index contributed by atoms with van der Waals surface area (Å²) in [6.45, 7) is 2.29. The first kappa shape index (κ1) is 13.8. The van der Waals surface area contributed by atoms with Crippen LogP contribution in [0.1, 0.15) is 32.7 Å². The molecule has 2 aromatic carbocycles. The first-order valence-corrected chi connectivity index (χ1v) is 7.16. The number of benzene rings is 2. The van der Waals surface area contributed by atoms with Crippen molar-refractivity contribution in [2.45, 2.75) is 13.3 Å². The normalized spacial score (nSPS) is 14.0. The number of anilines is 1. The number of aryl methyl sites for hydroxylation is 1. The highest BCUT2D eigenvalue weighted by atomic mass is 35.5. The molecule has 0 fully saturated rings. The molecule has 1 amide bonds. The maximum atomic E-state index is 12.8. The molecule has 106 valence electrons. The molecule has 21 heavy (non-hydrogen) atoms. The van der Waals surface area contributed by atoms with Crippen molar-refractivity contribution < 1.29 is 9.59 Å². The standard InChI is InChI=1S/C17H14ClNO2/c1-11-4-2-3-5-13(11)17(21)19-9-8-16(20)14-7-6-12(18)10-15(14)19/h2-7,10H,8-9H2,1H3. The van der Waals surface area contributed by atoms with E-state index in [1.165, 1.54) is 0 Å². The topological polar surface area (TPSA) is 37.4 Å². The van der Waals surface area contributed by atoms with Crippen molar-refractivity contribution >= 4 is 29.0 Å². The van der Waals surface area contributed by atoms with Gasteiger partial charge in [0.1, 0.15) is 0 Å². The summed E-state index contributed by atoms with van der Waals surface area (Å²) in [5.74, 6) is -0.0420. The molecule has 0 unspecified atom stereocenters. The summed E-state index contributed by atoms with van der Waals surface area (Å²) in [6, 6.07) is 12.5. The number of carbonyl (C=O) groups is 2. The lowest BCUT2D eigenvalue weighted by Gasteiger charge is -2.29. The highest BCUT2D eigenvalue weighted by molar-refractivity contribution is 6.31. The Morgan fingerprint density at radius 1 is 1.19 bits per heavy atom. The number of carbonyl (C=O) groups excluding carboxylic acids is 2. The van der Waals surface area contributed by atoms with E-state index in [0.29, 0.717) is 34.8 Å². The molecule has 0 radical (unpaired) electrons. The first-order valence-electron chi connectivity index (χ1n) is 6.78. The molecular weight excluding hydrogens is 286 g/mol. The van der Waals surface area contributed by atoms with Crippen LogP contribution in [0, 0.1) is 6.92 Å². The van der Waals surface area contributed by atoms with Crippen LogP contribution in [0.3, 0.4) is 0 Å². The smallest absolute Gasteiger partial charge is 0.258 e. The molecule has 1 heterocycles. The molecule has 0 aromatic heterocycles. The molecule has 1 aliphatic rings. The predicted molar refractivity (Wildman–Crippen MR) is 83.3 cm³/mol. The lowest BCUT2D eigenvalue weighted by Crippen LogP contribution is -2.37. The molecule has 1 aliphatic heterocycles. The lowest BCUT2D eigenvalue weighted by molar-refractivity contribution is 0.0955. The molecule has 2 aromatic rings. The van der Waals surface area contributed by atoms with Crippen LogP contribution in [-0.2, 0) is 0 Å². The monoisotopic (exact) mass is 299 g/mol. The molecule has 0 aliphatic carbocycles. The van der Waals surface area contributed by atoms with Crippen LogP contribution in [0.5, 0.6) is 0 Å². The third-order valence-electron chi connectivity index (χ3n) is 3.73. The average molecular weight is 300 g/mol. The summed E-state index contributed by atoms with van der Waals surface area (Å²) < 4.78 is 0. The number of halogens is 1. The Bertz CT molecular complexity index is 739. The Hall–Kier alpha value is -2.13. The molecule has 0 bridgehead atoms. The maximum absolute atomic E-state index is 12.8. The molecule has 3 nitrogen and oxygen atoms in total. The highest BCUT2D eigenvalue weighted by Crippen LogP contribution is 2.31. The lowest BCUT2D eigenvalue weighted by atomic mass is 9.98. The number of nitrogens with zero attached hydrogens (tertiary/aromatic N) is 1. The zero-order valence-electron chi connectivity index (χ0n) is 11.6. The Morgan fingerprint density at radius 2 is 1.95 bits per heavy atom. The van der Waals surface area contributed by atoms with Crippen molar-refractivity contribution in [3.63, 3.8) is 0 Å². The summed E-state index contributed by atoms with van der Waals surface area (Å²) in [6.07, 6.45) is 0.340. The fraction of sp³-hybridized carbons (Fsp3) is 0.176. The second-order valence-electron chi connectivity index (χ2n) is 5.11. The third kappa shape index (κ3) is 2.45.